The molecule has 0 unspecified atom stereocenters. The Balaban J connectivity index is 1.65. The molecule has 4 aliphatic carbocycles. The number of carbonyl (C=O) groups excluding carboxylic acids is 2. The summed E-state index contributed by atoms with van der Waals surface area (Å²) in [5.41, 5.74) is 2.92. The Hall–Kier alpha value is -1.46. The van der Waals surface area contributed by atoms with Gasteiger partial charge in [0, 0.05) is 42.5 Å². The number of fused-ring (bicyclic) bond motifs is 1. The third-order valence-corrected chi connectivity index (χ3v) is 9.65. The topological polar surface area (TPSA) is 66.8 Å². The standard InChI is InChI=1S/C23H29NO4/c1-11-9-24-10-12-4-5-13-17(25)6-15-16(21(27)28-3)8-23(19(13)15)20(26)14(11)7-18(24)22(12,23)2/h11-12,14,17-18,25H,4-10H2,1-3H3/t11-,12-,14-,17-,18-,22-,23+/m1/s1. The largest absolute Gasteiger partial charge is 0.466 e. The molecule has 150 valence electrons. The minimum Gasteiger partial charge on any atom is -0.466 e. The zero-order chi connectivity index (χ0) is 19.6. The van der Waals surface area contributed by atoms with Crippen molar-refractivity contribution in [2.45, 2.75) is 58.1 Å². The van der Waals surface area contributed by atoms with Gasteiger partial charge in [-0.2, -0.15) is 0 Å². The van der Waals surface area contributed by atoms with E-state index in [1.807, 2.05) is 0 Å². The summed E-state index contributed by atoms with van der Waals surface area (Å²) in [7, 11) is 1.42. The van der Waals surface area contributed by atoms with Crippen LogP contribution in [0, 0.1) is 28.6 Å². The highest BCUT2D eigenvalue weighted by molar-refractivity contribution is 6.02. The van der Waals surface area contributed by atoms with Crippen molar-refractivity contribution in [3.05, 3.63) is 22.3 Å². The second-order valence-corrected chi connectivity index (χ2v) is 10.3. The molecule has 2 saturated heterocycles. The second-order valence-electron chi connectivity index (χ2n) is 10.3. The zero-order valence-electron chi connectivity index (χ0n) is 17.0. The minimum atomic E-state index is -0.642. The number of allylic oxidation sites excluding steroid dienone is 1. The highest BCUT2D eigenvalue weighted by Crippen LogP contribution is 2.73. The molecule has 28 heavy (non-hydrogen) atoms. The van der Waals surface area contributed by atoms with E-state index in [0.29, 0.717) is 42.1 Å². The minimum absolute atomic E-state index is 0.0657. The summed E-state index contributed by atoms with van der Waals surface area (Å²) < 4.78 is 5.13. The van der Waals surface area contributed by atoms with Gasteiger partial charge in [0.15, 0.2) is 0 Å². The third kappa shape index (κ3) is 1.62. The Kier molecular flexibility index (Phi) is 3.21. The van der Waals surface area contributed by atoms with Crippen LogP contribution in [0.1, 0.15) is 46.0 Å². The molecule has 1 saturated carbocycles. The lowest BCUT2D eigenvalue weighted by molar-refractivity contribution is -0.156. The number of esters is 1. The molecule has 2 heterocycles. The normalized spacial score (nSPS) is 48.9. The molecule has 5 nitrogen and oxygen atoms in total. The van der Waals surface area contributed by atoms with Crippen molar-refractivity contribution in [1.29, 1.82) is 0 Å². The molecule has 0 aromatic heterocycles. The quantitative estimate of drug-likeness (QED) is 0.704. The number of ether oxygens (including phenoxy) is 1. The fraction of sp³-hybridized carbons (Fsp3) is 0.739. The number of hydrogen-bond acceptors (Lipinski definition) is 5. The van der Waals surface area contributed by atoms with Crippen LogP contribution in [0.5, 0.6) is 0 Å². The van der Waals surface area contributed by atoms with Crippen molar-refractivity contribution in [2.75, 3.05) is 20.2 Å². The maximum Gasteiger partial charge on any atom is 0.334 e. The van der Waals surface area contributed by atoms with E-state index in [9.17, 15) is 14.7 Å². The molecule has 6 rings (SSSR count). The van der Waals surface area contributed by atoms with E-state index in [4.69, 9.17) is 4.74 Å². The van der Waals surface area contributed by atoms with E-state index < -0.39 is 11.5 Å². The van der Waals surface area contributed by atoms with Gasteiger partial charge in [0.2, 0.25) is 0 Å². The van der Waals surface area contributed by atoms with E-state index in [1.165, 1.54) is 7.11 Å². The lowest BCUT2D eigenvalue weighted by Crippen LogP contribution is -2.65. The maximum atomic E-state index is 14.3. The van der Waals surface area contributed by atoms with Gasteiger partial charge in [-0.3, -0.25) is 9.69 Å². The molecule has 1 spiro atoms. The van der Waals surface area contributed by atoms with Gasteiger partial charge in [-0.1, -0.05) is 13.8 Å². The first-order valence-corrected chi connectivity index (χ1v) is 10.8. The Morgan fingerprint density at radius 3 is 2.86 bits per heavy atom. The molecule has 0 amide bonds. The number of hydrogen-bond donors (Lipinski definition) is 1. The lowest BCUT2D eigenvalue weighted by Gasteiger charge is -2.59. The van der Waals surface area contributed by atoms with Gasteiger partial charge in [-0.25, -0.2) is 4.79 Å². The number of aliphatic hydroxyl groups is 1. The molecular weight excluding hydrogens is 354 g/mol. The number of carbonyl (C=O) groups is 2. The van der Waals surface area contributed by atoms with Crippen LogP contribution in [-0.4, -0.2) is 54.1 Å². The highest BCUT2D eigenvalue weighted by Gasteiger charge is 2.75. The smallest absolute Gasteiger partial charge is 0.334 e. The fourth-order valence-electron chi connectivity index (χ4n) is 8.44. The van der Waals surface area contributed by atoms with Gasteiger partial charge in [0.05, 0.1) is 18.6 Å². The summed E-state index contributed by atoms with van der Waals surface area (Å²) in [4.78, 5) is 29.6. The van der Waals surface area contributed by atoms with E-state index in [2.05, 4.69) is 18.7 Å². The molecule has 2 aliphatic heterocycles. The Bertz CT molecular complexity index is 887. The Morgan fingerprint density at radius 1 is 1.32 bits per heavy atom. The zero-order valence-corrected chi connectivity index (χ0v) is 17.0. The van der Waals surface area contributed by atoms with E-state index in [1.54, 1.807) is 0 Å². The van der Waals surface area contributed by atoms with Crippen LogP contribution in [-0.2, 0) is 14.3 Å². The Labute approximate surface area is 165 Å². The molecule has 1 N–H and O–H groups in total. The monoisotopic (exact) mass is 383 g/mol. The van der Waals surface area contributed by atoms with Crippen LogP contribution in [0.3, 0.4) is 0 Å². The average molecular weight is 383 g/mol. The number of aliphatic hydroxyl groups excluding tert-OH is 1. The third-order valence-electron chi connectivity index (χ3n) is 9.65. The van der Waals surface area contributed by atoms with Gasteiger partial charge < -0.3 is 9.84 Å². The molecule has 3 fully saturated rings. The molecule has 0 aromatic rings. The van der Waals surface area contributed by atoms with Crippen LogP contribution >= 0.6 is 0 Å². The highest BCUT2D eigenvalue weighted by atomic mass is 16.5. The summed E-state index contributed by atoms with van der Waals surface area (Å²) in [6.07, 6.45) is 3.26. The average Bonchev–Trinajstić information content (AvgIpc) is 3.24. The molecule has 0 aromatic carbocycles. The second kappa shape index (κ2) is 5.17. The summed E-state index contributed by atoms with van der Waals surface area (Å²) in [6.45, 7) is 6.62. The fourth-order valence-corrected chi connectivity index (χ4v) is 8.44. The first-order valence-electron chi connectivity index (χ1n) is 10.8. The Morgan fingerprint density at radius 2 is 2.11 bits per heavy atom. The van der Waals surface area contributed by atoms with Gasteiger partial charge >= 0.3 is 5.97 Å². The summed E-state index contributed by atoms with van der Waals surface area (Å²) in [5, 5.41) is 10.9. The van der Waals surface area contributed by atoms with Crippen LogP contribution < -0.4 is 0 Å². The van der Waals surface area contributed by atoms with Crippen molar-refractivity contribution in [1.82, 2.24) is 4.90 Å². The van der Waals surface area contributed by atoms with Gasteiger partial charge in [-0.15, -0.1) is 0 Å². The SMILES string of the molecule is COC(=O)C1=C2C[C@@H](O)C3=C2[C@@]2(C1)C(=O)[C@@H]1C[C@H]4N(C[C@@H](CC3)[C@]42C)C[C@H]1C. The van der Waals surface area contributed by atoms with Crippen LogP contribution in [0.2, 0.25) is 0 Å². The van der Waals surface area contributed by atoms with Gasteiger partial charge in [0.25, 0.3) is 0 Å². The predicted molar refractivity (Wildman–Crippen MR) is 102 cm³/mol. The number of nitrogens with zero attached hydrogens (tertiary/aromatic N) is 1. The molecule has 6 aliphatic rings. The number of ketones is 1. The van der Waals surface area contributed by atoms with Crippen molar-refractivity contribution in [3.63, 3.8) is 0 Å². The lowest BCUT2D eigenvalue weighted by atomic mass is 9.45. The number of piperidine rings is 1. The first-order chi connectivity index (χ1) is 13.3. The summed E-state index contributed by atoms with van der Waals surface area (Å²) in [6, 6.07) is 0.402. The first kappa shape index (κ1) is 17.4. The molecule has 2 bridgehead atoms. The molecule has 0 radical (unpaired) electrons. The van der Waals surface area contributed by atoms with Crippen molar-refractivity contribution in [3.8, 4) is 0 Å². The van der Waals surface area contributed by atoms with Gasteiger partial charge in [0.1, 0.15) is 5.78 Å². The number of methoxy groups -OCH3 is 1. The summed E-state index contributed by atoms with van der Waals surface area (Å²) >= 11 is 0. The van der Waals surface area contributed by atoms with Crippen LogP contribution in [0.15, 0.2) is 22.3 Å². The van der Waals surface area contributed by atoms with Crippen molar-refractivity contribution < 1.29 is 19.4 Å². The van der Waals surface area contributed by atoms with Crippen molar-refractivity contribution in [2.24, 2.45) is 28.6 Å². The number of rotatable bonds is 1. The maximum absolute atomic E-state index is 14.3. The summed E-state index contributed by atoms with van der Waals surface area (Å²) in [5.74, 6) is 0.888. The predicted octanol–water partition coefficient (Wildman–Crippen LogP) is 2.25. The molecular formula is C23H29NO4. The van der Waals surface area contributed by atoms with Gasteiger partial charge in [-0.05, 0) is 54.2 Å². The van der Waals surface area contributed by atoms with Crippen molar-refractivity contribution >= 4 is 11.8 Å². The van der Waals surface area contributed by atoms with Crippen LogP contribution in [0.4, 0.5) is 0 Å². The van der Waals surface area contributed by atoms with E-state index >= 15 is 0 Å². The van der Waals surface area contributed by atoms with Crippen LogP contribution in [0.25, 0.3) is 0 Å². The van der Waals surface area contributed by atoms with E-state index in [-0.39, 0.29) is 17.3 Å². The number of Topliss-reactive ketones (excluding diaryl/α,β-unsaturated/α-hetero) is 1. The molecule has 5 heteroatoms. The molecule has 7 atom stereocenters. The van der Waals surface area contributed by atoms with E-state index in [0.717, 1.165) is 49.1 Å².